The first-order valence-electron chi connectivity index (χ1n) is 7.82. The molecule has 18 heavy (non-hydrogen) atoms. The summed E-state index contributed by atoms with van der Waals surface area (Å²) in [5, 5.41) is 3.69. The Labute approximate surface area is 115 Å². The highest BCUT2D eigenvalue weighted by atomic mass is 15.2. The van der Waals surface area contributed by atoms with Crippen molar-refractivity contribution in [2.24, 2.45) is 11.8 Å². The quantitative estimate of drug-likeness (QED) is 0.748. The second kappa shape index (κ2) is 6.91. The van der Waals surface area contributed by atoms with Crippen molar-refractivity contribution < 1.29 is 0 Å². The third-order valence-corrected chi connectivity index (χ3v) is 4.20. The van der Waals surface area contributed by atoms with Crippen LogP contribution in [0.1, 0.15) is 60.8 Å². The van der Waals surface area contributed by atoms with Crippen molar-refractivity contribution in [3.05, 3.63) is 0 Å². The summed E-state index contributed by atoms with van der Waals surface area (Å²) in [4.78, 5) is 2.70. The standard InChI is InChI=1S/C16H34N2/c1-7-18(12-14-9-8-10-14)15(13(2)3)11-17-16(4,5)6/h13-15,17H,7-12H2,1-6H3. The molecule has 0 radical (unpaired) electrons. The summed E-state index contributed by atoms with van der Waals surface area (Å²) in [5.74, 6) is 1.70. The van der Waals surface area contributed by atoms with Crippen molar-refractivity contribution in [3.8, 4) is 0 Å². The van der Waals surface area contributed by atoms with Gasteiger partial charge in [-0.15, -0.1) is 0 Å². The number of nitrogens with one attached hydrogen (secondary N) is 1. The van der Waals surface area contributed by atoms with Gasteiger partial charge in [0.2, 0.25) is 0 Å². The Morgan fingerprint density at radius 1 is 1.22 bits per heavy atom. The van der Waals surface area contributed by atoms with Gasteiger partial charge in [0.25, 0.3) is 0 Å². The van der Waals surface area contributed by atoms with Gasteiger partial charge in [0.1, 0.15) is 0 Å². The number of hydrogen-bond donors (Lipinski definition) is 1. The topological polar surface area (TPSA) is 15.3 Å². The molecule has 108 valence electrons. The van der Waals surface area contributed by atoms with Crippen LogP contribution in [0.15, 0.2) is 0 Å². The highest BCUT2D eigenvalue weighted by Crippen LogP contribution is 2.28. The molecule has 0 aromatic heterocycles. The van der Waals surface area contributed by atoms with Gasteiger partial charge in [-0.1, -0.05) is 27.2 Å². The average molecular weight is 254 g/mol. The van der Waals surface area contributed by atoms with E-state index in [0.29, 0.717) is 6.04 Å². The van der Waals surface area contributed by atoms with Crippen LogP contribution in [-0.4, -0.2) is 36.1 Å². The molecule has 0 amide bonds. The minimum Gasteiger partial charge on any atom is -0.311 e. The summed E-state index contributed by atoms with van der Waals surface area (Å²) in [6, 6.07) is 0.676. The molecule has 0 aliphatic heterocycles. The second-order valence-corrected chi connectivity index (χ2v) is 7.33. The third-order valence-electron chi connectivity index (χ3n) is 4.20. The van der Waals surface area contributed by atoms with Crippen LogP contribution >= 0.6 is 0 Å². The maximum absolute atomic E-state index is 3.69. The van der Waals surface area contributed by atoms with E-state index in [1.165, 1.54) is 32.4 Å². The Hall–Kier alpha value is -0.0800. The van der Waals surface area contributed by atoms with Gasteiger partial charge < -0.3 is 5.32 Å². The lowest BCUT2D eigenvalue weighted by molar-refractivity contribution is 0.105. The van der Waals surface area contributed by atoms with E-state index >= 15 is 0 Å². The minimum absolute atomic E-state index is 0.225. The Morgan fingerprint density at radius 3 is 2.17 bits per heavy atom. The average Bonchev–Trinajstić information content (AvgIpc) is 2.17. The van der Waals surface area contributed by atoms with E-state index in [0.717, 1.165) is 18.4 Å². The zero-order chi connectivity index (χ0) is 13.8. The second-order valence-electron chi connectivity index (χ2n) is 7.33. The zero-order valence-electron chi connectivity index (χ0n) is 13.4. The van der Waals surface area contributed by atoms with Crippen molar-refractivity contribution in [2.45, 2.75) is 72.4 Å². The zero-order valence-corrected chi connectivity index (χ0v) is 13.4. The summed E-state index contributed by atoms with van der Waals surface area (Å²) in [6.45, 7) is 17.4. The van der Waals surface area contributed by atoms with Crippen LogP contribution in [0.2, 0.25) is 0 Å². The Morgan fingerprint density at radius 2 is 1.83 bits per heavy atom. The van der Waals surface area contributed by atoms with Gasteiger partial charge in [0, 0.05) is 24.7 Å². The van der Waals surface area contributed by atoms with Crippen molar-refractivity contribution >= 4 is 0 Å². The van der Waals surface area contributed by atoms with E-state index in [-0.39, 0.29) is 5.54 Å². The van der Waals surface area contributed by atoms with Gasteiger partial charge in [0.15, 0.2) is 0 Å². The van der Waals surface area contributed by atoms with Gasteiger partial charge >= 0.3 is 0 Å². The summed E-state index contributed by atoms with van der Waals surface area (Å²) >= 11 is 0. The summed E-state index contributed by atoms with van der Waals surface area (Å²) < 4.78 is 0. The van der Waals surface area contributed by atoms with Crippen LogP contribution in [0.3, 0.4) is 0 Å². The van der Waals surface area contributed by atoms with Crippen LogP contribution in [0.25, 0.3) is 0 Å². The lowest BCUT2D eigenvalue weighted by Crippen LogP contribution is -2.51. The first-order valence-corrected chi connectivity index (χ1v) is 7.82. The Bertz CT molecular complexity index is 226. The maximum Gasteiger partial charge on any atom is 0.0243 e. The molecule has 1 N–H and O–H groups in total. The van der Waals surface area contributed by atoms with Gasteiger partial charge in [-0.05, 0) is 52.0 Å². The fraction of sp³-hybridized carbons (Fsp3) is 1.00. The molecule has 1 aliphatic carbocycles. The molecule has 1 saturated carbocycles. The van der Waals surface area contributed by atoms with E-state index in [1.807, 2.05) is 0 Å². The molecular weight excluding hydrogens is 220 g/mol. The van der Waals surface area contributed by atoms with Gasteiger partial charge in [-0.3, -0.25) is 4.90 Å². The van der Waals surface area contributed by atoms with Crippen LogP contribution in [0, 0.1) is 11.8 Å². The molecule has 1 rings (SSSR count). The molecule has 1 fully saturated rings. The molecule has 2 nitrogen and oxygen atoms in total. The predicted molar refractivity (Wildman–Crippen MR) is 81.0 cm³/mol. The van der Waals surface area contributed by atoms with E-state index in [1.54, 1.807) is 0 Å². The van der Waals surface area contributed by atoms with Crippen molar-refractivity contribution in [1.82, 2.24) is 10.2 Å². The lowest BCUT2D eigenvalue weighted by atomic mass is 9.84. The minimum atomic E-state index is 0.225. The summed E-state index contributed by atoms with van der Waals surface area (Å²) in [5.41, 5.74) is 0.225. The maximum atomic E-state index is 3.69. The summed E-state index contributed by atoms with van der Waals surface area (Å²) in [6.07, 6.45) is 4.36. The number of likely N-dealkylation sites (N-methyl/N-ethyl adjacent to an activating group) is 1. The molecule has 0 bridgehead atoms. The molecule has 0 aromatic rings. The smallest absolute Gasteiger partial charge is 0.0243 e. The Kier molecular flexibility index (Phi) is 6.13. The fourth-order valence-electron chi connectivity index (χ4n) is 2.70. The highest BCUT2D eigenvalue weighted by Gasteiger charge is 2.27. The van der Waals surface area contributed by atoms with E-state index < -0.39 is 0 Å². The predicted octanol–water partition coefficient (Wildman–Crippen LogP) is 3.52. The van der Waals surface area contributed by atoms with Gasteiger partial charge in [0.05, 0.1) is 0 Å². The molecule has 0 saturated heterocycles. The van der Waals surface area contributed by atoms with Gasteiger partial charge in [-0.25, -0.2) is 0 Å². The highest BCUT2D eigenvalue weighted by molar-refractivity contribution is 4.83. The number of nitrogens with zero attached hydrogens (tertiary/aromatic N) is 1. The molecule has 2 heteroatoms. The Balaban J connectivity index is 2.50. The monoisotopic (exact) mass is 254 g/mol. The van der Waals surface area contributed by atoms with Crippen molar-refractivity contribution in [2.75, 3.05) is 19.6 Å². The molecule has 1 atom stereocenters. The van der Waals surface area contributed by atoms with Crippen molar-refractivity contribution in [3.63, 3.8) is 0 Å². The number of hydrogen-bond acceptors (Lipinski definition) is 2. The third kappa shape index (κ3) is 5.27. The SMILES string of the molecule is CCN(CC1CCC1)C(CNC(C)(C)C)C(C)C. The van der Waals surface area contributed by atoms with Crippen LogP contribution in [-0.2, 0) is 0 Å². The normalized spacial score (nSPS) is 19.3. The molecule has 1 unspecified atom stereocenters. The van der Waals surface area contributed by atoms with E-state index in [2.05, 4.69) is 51.8 Å². The van der Waals surface area contributed by atoms with Crippen LogP contribution in [0.4, 0.5) is 0 Å². The van der Waals surface area contributed by atoms with Crippen LogP contribution in [0.5, 0.6) is 0 Å². The van der Waals surface area contributed by atoms with Crippen molar-refractivity contribution in [1.29, 1.82) is 0 Å². The molecule has 1 aliphatic rings. The first-order chi connectivity index (χ1) is 8.33. The van der Waals surface area contributed by atoms with E-state index in [4.69, 9.17) is 0 Å². The van der Waals surface area contributed by atoms with Crippen LogP contribution < -0.4 is 5.32 Å². The van der Waals surface area contributed by atoms with E-state index in [9.17, 15) is 0 Å². The molecule has 0 aromatic carbocycles. The first kappa shape index (κ1) is 16.0. The molecule has 0 spiro atoms. The molecule has 0 heterocycles. The largest absolute Gasteiger partial charge is 0.311 e. The molecular formula is C16H34N2. The lowest BCUT2D eigenvalue weighted by Gasteiger charge is -2.40. The van der Waals surface area contributed by atoms with Gasteiger partial charge in [-0.2, -0.15) is 0 Å². The summed E-state index contributed by atoms with van der Waals surface area (Å²) in [7, 11) is 0. The number of rotatable bonds is 7. The fourth-order valence-corrected chi connectivity index (χ4v) is 2.70.